The molecule has 2 heterocycles. The van der Waals surface area contributed by atoms with E-state index in [4.69, 9.17) is 4.74 Å². The number of aromatic nitrogens is 3. The SMILES string of the molecule is C[Si](C)(C)CCOCn1nc(C(=O)O)c2cc(C3CC3)cnc21.[Cs]. The number of hydrogen-bond donors (Lipinski definition) is 1. The van der Waals surface area contributed by atoms with Crippen LogP contribution in [0.25, 0.3) is 11.0 Å². The third kappa shape index (κ3) is 5.16. The summed E-state index contributed by atoms with van der Waals surface area (Å²) in [4.78, 5) is 15.9. The summed E-state index contributed by atoms with van der Waals surface area (Å²) in [5.74, 6) is -0.490. The van der Waals surface area contributed by atoms with Crippen molar-refractivity contribution in [3.8, 4) is 0 Å². The summed E-state index contributed by atoms with van der Waals surface area (Å²) in [5, 5.41) is 14.2. The topological polar surface area (TPSA) is 77.2 Å². The van der Waals surface area contributed by atoms with Gasteiger partial charge in [0, 0.05) is 89.8 Å². The van der Waals surface area contributed by atoms with Crippen molar-refractivity contribution in [3.05, 3.63) is 23.5 Å². The Morgan fingerprint density at radius 1 is 1.42 bits per heavy atom. The number of aromatic carboxylic acids is 1. The van der Waals surface area contributed by atoms with Crippen LogP contribution in [0.1, 0.15) is 34.8 Å². The molecule has 8 heteroatoms. The van der Waals surface area contributed by atoms with E-state index in [-0.39, 0.29) is 81.3 Å². The Kier molecular flexibility index (Phi) is 7.17. The molecule has 0 amide bonds. The second-order valence-electron chi connectivity index (χ2n) is 7.42. The van der Waals surface area contributed by atoms with E-state index in [1.165, 1.54) is 0 Å². The number of rotatable bonds is 7. The van der Waals surface area contributed by atoms with Crippen molar-refractivity contribution >= 4 is 94.0 Å². The normalized spacial score (nSPS) is 14.6. The van der Waals surface area contributed by atoms with Gasteiger partial charge in [-0.15, -0.1) is 0 Å². The Morgan fingerprint density at radius 2 is 2.12 bits per heavy atom. The quantitative estimate of drug-likeness (QED) is 0.502. The first-order valence-electron chi connectivity index (χ1n) is 8.03. The zero-order valence-corrected chi connectivity index (χ0v) is 22.2. The molecule has 0 spiro atoms. The van der Waals surface area contributed by atoms with Gasteiger partial charge in [-0.05, 0) is 36.4 Å². The van der Waals surface area contributed by atoms with Crippen LogP contribution in [0.3, 0.4) is 0 Å². The van der Waals surface area contributed by atoms with Gasteiger partial charge in [0.2, 0.25) is 0 Å². The van der Waals surface area contributed by atoms with Crippen LogP contribution in [0, 0.1) is 0 Å². The van der Waals surface area contributed by atoms with Gasteiger partial charge in [-0.1, -0.05) is 19.6 Å². The van der Waals surface area contributed by atoms with Gasteiger partial charge >= 0.3 is 5.97 Å². The first-order chi connectivity index (χ1) is 10.8. The molecule has 125 valence electrons. The summed E-state index contributed by atoms with van der Waals surface area (Å²) in [6, 6.07) is 2.99. The average molecular weight is 466 g/mol. The van der Waals surface area contributed by atoms with Crippen molar-refractivity contribution in [3.63, 3.8) is 0 Å². The van der Waals surface area contributed by atoms with Crippen LogP contribution >= 0.6 is 0 Å². The minimum Gasteiger partial charge on any atom is -0.476 e. The number of carboxylic acid groups (broad SMARTS) is 1. The molecule has 1 N–H and O–H groups in total. The molecule has 1 saturated carbocycles. The summed E-state index contributed by atoms with van der Waals surface area (Å²) in [6.07, 6.45) is 4.15. The van der Waals surface area contributed by atoms with Gasteiger partial charge in [0.15, 0.2) is 11.3 Å². The van der Waals surface area contributed by atoms with Crippen molar-refractivity contribution in [1.29, 1.82) is 0 Å². The van der Waals surface area contributed by atoms with Gasteiger partial charge in [-0.25, -0.2) is 14.5 Å². The van der Waals surface area contributed by atoms with Gasteiger partial charge < -0.3 is 9.84 Å². The minimum absolute atomic E-state index is 0. The first-order valence-corrected chi connectivity index (χ1v) is 11.7. The molecule has 2 aromatic rings. The summed E-state index contributed by atoms with van der Waals surface area (Å²) < 4.78 is 7.24. The standard InChI is InChI=1S/C16H23N3O3Si.Cs/c1-23(2,3)7-6-22-10-19-15-13(14(18-19)16(20)21)8-12(9-17-15)11-4-5-11;/h8-9,11H,4-7,10H2,1-3H3,(H,20,21);. The van der Waals surface area contributed by atoms with Gasteiger partial charge in [0.25, 0.3) is 0 Å². The predicted octanol–water partition coefficient (Wildman–Crippen LogP) is 2.94. The van der Waals surface area contributed by atoms with Crippen molar-refractivity contribution in [2.24, 2.45) is 0 Å². The number of carboxylic acids is 1. The Hall–Kier alpha value is 0.319. The predicted molar refractivity (Wildman–Crippen MR) is 96.3 cm³/mol. The smallest absolute Gasteiger partial charge is 0.357 e. The van der Waals surface area contributed by atoms with Gasteiger partial charge in [-0.3, -0.25) is 0 Å². The molecule has 0 saturated heterocycles. The maximum Gasteiger partial charge on any atom is 0.357 e. The second kappa shape index (κ2) is 8.34. The fourth-order valence-electron chi connectivity index (χ4n) is 2.49. The Balaban J connectivity index is 0.00000208. The van der Waals surface area contributed by atoms with Crippen LogP contribution < -0.4 is 0 Å². The van der Waals surface area contributed by atoms with Crippen molar-refractivity contribution in [2.45, 2.75) is 51.2 Å². The Morgan fingerprint density at radius 3 is 2.71 bits per heavy atom. The van der Waals surface area contributed by atoms with Gasteiger partial charge in [0.1, 0.15) is 6.73 Å². The van der Waals surface area contributed by atoms with Crippen LogP contribution in [0.15, 0.2) is 12.3 Å². The monoisotopic (exact) mass is 466 g/mol. The average Bonchev–Trinajstić information content (AvgIpc) is 3.24. The number of ether oxygens (including phenoxy) is 1. The molecule has 1 aliphatic carbocycles. The molecule has 0 aromatic carbocycles. The van der Waals surface area contributed by atoms with Crippen molar-refractivity contribution in [2.75, 3.05) is 6.61 Å². The van der Waals surface area contributed by atoms with Crippen LogP contribution in [-0.4, -0.2) is 109 Å². The van der Waals surface area contributed by atoms with Gasteiger partial charge in [-0.2, -0.15) is 5.10 Å². The molecule has 3 rings (SSSR count). The summed E-state index contributed by atoms with van der Waals surface area (Å²) in [7, 11) is -1.14. The Labute approximate surface area is 201 Å². The van der Waals surface area contributed by atoms with E-state index >= 15 is 0 Å². The van der Waals surface area contributed by atoms with E-state index < -0.39 is 14.0 Å². The third-order valence-corrected chi connectivity index (χ3v) is 5.77. The summed E-state index contributed by atoms with van der Waals surface area (Å²) in [5.41, 5.74) is 1.75. The largest absolute Gasteiger partial charge is 0.476 e. The maximum atomic E-state index is 11.4. The van der Waals surface area contributed by atoms with E-state index in [9.17, 15) is 9.90 Å². The molecule has 0 bridgehead atoms. The van der Waals surface area contributed by atoms with Gasteiger partial charge in [0.05, 0.1) is 5.39 Å². The molecule has 0 unspecified atom stereocenters. The molecule has 6 nitrogen and oxygen atoms in total. The number of carbonyl (C=O) groups is 1. The molecule has 1 aliphatic rings. The second-order valence-corrected chi connectivity index (χ2v) is 13.0. The molecular weight excluding hydrogens is 443 g/mol. The molecule has 0 atom stereocenters. The fraction of sp³-hybridized carbons (Fsp3) is 0.562. The zero-order valence-electron chi connectivity index (χ0n) is 14.9. The van der Waals surface area contributed by atoms with E-state index in [1.807, 2.05) is 12.3 Å². The number of hydrogen-bond acceptors (Lipinski definition) is 4. The van der Waals surface area contributed by atoms with Crippen molar-refractivity contribution < 1.29 is 14.6 Å². The van der Waals surface area contributed by atoms with Crippen LogP contribution in [0.2, 0.25) is 25.7 Å². The molecule has 24 heavy (non-hydrogen) atoms. The van der Waals surface area contributed by atoms with Crippen molar-refractivity contribution in [1.82, 2.24) is 14.8 Å². The van der Waals surface area contributed by atoms with E-state index in [2.05, 4.69) is 29.7 Å². The summed E-state index contributed by atoms with van der Waals surface area (Å²) in [6.45, 7) is 7.79. The molecular formula is C16H23CsN3O3Si. The van der Waals surface area contributed by atoms with E-state index in [0.717, 1.165) is 24.4 Å². The van der Waals surface area contributed by atoms with Crippen LogP contribution in [0.5, 0.6) is 0 Å². The number of nitrogens with zero attached hydrogens (tertiary/aromatic N) is 3. The first kappa shape index (κ1) is 20.6. The molecule has 1 radical (unpaired) electrons. The molecule has 1 fully saturated rings. The molecule has 0 aliphatic heterocycles. The maximum absolute atomic E-state index is 11.4. The number of pyridine rings is 1. The fourth-order valence-corrected chi connectivity index (χ4v) is 3.25. The third-order valence-electron chi connectivity index (χ3n) is 4.07. The summed E-state index contributed by atoms with van der Waals surface area (Å²) >= 11 is 0. The Bertz CT molecular complexity index is 738. The van der Waals surface area contributed by atoms with E-state index in [0.29, 0.717) is 23.6 Å². The van der Waals surface area contributed by atoms with E-state index in [1.54, 1.807) is 4.68 Å². The number of fused-ring (bicyclic) bond motifs is 1. The van der Waals surface area contributed by atoms with Crippen LogP contribution in [0.4, 0.5) is 0 Å². The zero-order chi connectivity index (χ0) is 16.6. The van der Waals surface area contributed by atoms with Crippen LogP contribution in [-0.2, 0) is 11.5 Å². The molecule has 2 aromatic heterocycles. The minimum atomic E-state index is -1.14.